The van der Waals surface area contributed by atoms with E-state index in [1.165, 1.54) is 12.8 Å². The van der Waals surface area contributed by atoms with Gasteiger partial charge in [-0.1, -0.05) is 35.5 Å². The molecule has 0 atom stereocenters. The zero-order valence-corrected chi connectivity index (χ0v) is 16.1. The van der Waals surface area contributed by atoms with Crippen molar-refractivity contribution >= 4 is 10.0 Å². The van der Waals surface area contributed by atoms with E-state index in [1.807, 2.05) is 30.3 Å². The number of hydrogen-bond acceptors (Lipinski definition) is 6. The Kier molecular flexibility index (Phi) is 5.56. The van der Waals surface area contributed by atoms with Crippen LogP contribution < -0.4 is 0 Å². The van der Waals surface area contributed by atoms with Crippen molar-refractivity contribution in [1.82, 2.24) is 14.4 Å². The maximum Gasteiger partial charge on any atom is 0.252 e. The van der Waals surface area contributed by atoms with Crippen LogP contribution in [0.25, 0.3) is 0 Å². The van der Waals surface area contributed by atoms with Gasteiger partial charge in [0.1, 0.15) is 6.61 Å². The summed E-state index contributed by atoms with van der Waals surface area (Å²) in [7, 11) is -3.30. The van der Waals surface area contributed by atoms with Crippen molar-refractivity contribution in [2.75, 3.05) is 19.7 Å². The molecule has 1 aliphatic heterocycles. The molecule has 1 aromatic carbocycles. The third kappa shape index (κ3) is 4.94. The Morgan fingerprint density at radius 1 is 1.11 bits per heavy atom. The number of hydrogen-bond donors (Lipinski definition) is 0. The topological polar surface area (TPSA) is 85.5 Å². The maximum atomic E-state index is 12.6. The average Bonchev–Trinajstić information content (AvgIpc) is 3.38. The van der Waals surface area contributed by atoms with E-state index in [4.69, 9.17) is 9.26 Å². The van der Waals surface area contributed by atoms with Gasteiger partial charge in [-0.05, 0) is 37.2 Å². The lowest BCUT2D eigenvalue weighted by molar-refractivity contribution is 0.0894. The van der Waals surface area contributed by atoms with Crippen LogP contribution in [0.4, 0.5) is 0 Å². The largest absolute Gasteiger partial charge is 0.371 e. The first-order chi connectivity index (χ1) is 13.1. The summed E-state index contributed by atoms with van der Waals surface area (Å²) in [4.78, 5) is 4.44. The van der Waals surface area contributed by atoms with Gasteiger partial charge >= 0.3 is 0 Å². The Hall–Kier alpha value is -1.77. The molecule has 4 rings (SSSR count). The zero-order valence-electron chi connectivity index (χ0n) is 15.3. The molecule has 0 bridgehead atoms. The third-order valence-corrected chi connectivity index (χ3v) is 7.01. The normalized spacial score (nSPS) is 19.4. The Labute approximate surface area is 159 Å². The third-order valence-electron chi connectivity index (χ3n) is 5.16. The van der Waals surface area contributed by atoms with Crippen LogP contribution in [0, 0.1) is 5.92 Å². The highest BCUT2D eigenvalue weighted by Gasteiger charge is 2.31. The Bertz CT molecular complexity index is 841. The molecule has 1 saturated carbocycles. The number of nitrogens with zero attached hydrogens (tertiary/aromatic N) is 3. The van der Waals surface area contributed by atoms with Gasteiger partial charge in [-0.3, -0.25) is 0 Å². The minimum absolute atomic E-state index is 0.0448. The highest BCUT2D eigenvalue weighted by Crippen LogP contribution is 2.30. The molecule has 1 aromatic heterocycles. The SMILES string of the molecule is O=S(=O)(Cc1ccccc1)N1CCC(c2noc(COCC3CC3)n2)CC1. The van der Waals surface area contributed by atoms with Crippen molar-refractivity contribution in [3.63, 3.8) is 0 Å². The van der Waals surface area contributed by atoms with Gasteiger partial charge in [0.05, 0.1) is 12.4 Å². The molecule has 0 amide bonds. The Balaban J connectivity index is 1.28. The second-order valence-corrected chi connectivity index (χ2v) is 9.39. The second-order valence-electron chi connectivity index (χ2n) is 7.42. The predicted molar refractivity (Wildman–Crippen MR) is 99.3 cm³/mol. The quantitative estimate of drug-likeness (QED) is 0.688. The van der Waals surface area contributed by atoms with E-state index < -0.39 is 10.0 Å². The molecule has 0 unspecified atom stereocenters. The lowest BCUT2D eigenvalue weighted by Crippen LogP contribution is -2.38. The van der Waals surface area contributed by atoms with Crippen LogP contribution >= 0.6 is 0 Å². The van der Waals surface area contributed by atoms with Gasteiger partial charge in [-0.25, -0.2) is 12.7 Å². The molecule has 7 nitrogen and oxygen atoms in total. The first-order valence-electron chi connectivity index (χ1n) is 9.52. The fourth-order valence-electron chi connectivity index (χ4n) is 3.36. The van der Waals surface area contributed by atoms with E-state index in [-0.39, 0.29) is 11.7 Å². The summed E-state index contributed by atoms with van der Waals surface area (Å²) in [6, 6.07) is 9.29. The predicted octanol–water partition coefficient (Wildman–Crippen LogP) is 2.71. The molecule has 2 heterocycles. The first kappa shape index (κ1) is 18.6. The van der Waals surface area contributed by atoms with E-state index in [9.17, 15) is 8.42 Å². The van der Waals surface area contributed by atoms with E-state index in [2.05, 4.69) is 10.1 Å². The lowest BCUT2D eigenvalue weighted by atomic mass is 9.98. The fourth-order valence-corrected chi connectivity index (χ4v) is 4.92. The molecule has 0 N–H and O–H groups in total. The van der Waals surface area contributed by atoms with Gasteiger partial charge in [0.25, 0.3) is 5.89 Å². The Morgan fingerprint density at radius 3 is 2.56 bits per heavy atom. The van der Waals surface area contributed by atoms with E-state index in [0.717, 1.165) is 12.2 Å². The molecular weight excluding hydrogens is 366 g/mol. The maximum absolute atomic E-state index is 12.6. The molecule has 1 aliphatic carbocycles. The molecule has 2 aromatic rings. The summed E-state index contributed by atoms with van der Waals surface area (Å²) < 4.78 is 37.7. The molecule has 2 aliphatic rings. The molecule has 146 valence electrons. The van der Waals surface area contributed by atoms with Gasteiger partial charge in [0.2, 0.25) is 10.0 Å². The van der Waals surface area contributed by atoms with Crippen LogP contribution in [-0.4, -0.2) is 42.6 Å². The van der Waals surface area contributed by atoms with E-state index >= 15 is 0 Å². The first-order valence-corrected chi connectivity index (χ1v) is 11.1. The average molecular weight is 391 g/mol. The number of ether oxygens (including phenoxy) is 1. The summed E-state index contributed by atoms with van der Waals surface area (Å²) in [5.74, 6) is 2.05. The van der Waals surface area contributed by atoms with Crippen molar-refractivity contribution in [2.24, 2.45) is 5.92 Å². The van der Waals surface area contributed by atoms with Gasteiger partial charge in [-0.2, -0.15) is 4.98 Å². The van der Waals surface area contributed by atoms with Gasteiger partial charge in [0, 0.05) is 19.0 Å². The number of rotatable bonds is 8. The molecule has 8 heteroatoms. The zero-order chi connectivity index (χ0) is 18.7. The molecular formula is C19H25N3O4S. The summed E-state index contributed by atoms with van der Waals surface area (Å²) >= 11 is 0. The smallest absolute Gasteiger partial charge is 0.252 e. The molecule has 0 radical (unpaired) electrons. The number of piperidine rings is 1. The van der Waals surface area contributed by atoms with Crippen molar-refractivity contribution in [3.05, 3.63) is 47.6 Å². The minimum Gasteiger partial charge on any atom is -0.371 e. The van der Waals surface area contributed by atoms with Crippen molar-refractivity contribution in [1.29, 1.82) is 0 Å². The molecule has 27 heavy (non-hydrogen) atoms. The Morgan fingerprint density at radius 2 is 1.85 bits per heavy atom. The highest BCUT2D eigenvalue weighted by atomic mass is 32.2. The highest BCUT2D eigenvalue weighted by molar-refractivity contribution is 7.88. The van der Waals surface area contributed by atoms with Crippen molar-refractivity contribution in [2.45, 2.75) is 44.0 Å². The van der Waals surface area contributed by atoms with Crippen LogP contribution in [0.15, 0.2) is 34.9 Å². The number of aromatic nitrogens is 2. The summed E-state index contributed by atoms with van der Waals surface area (Å²) in [5, 5.41) is 4.07. The van der Waals surface area contributed by atoms with E-state index in [1.54, 1.807) is 4.31 Å². The van der Waals surface area contributed by atoms with Crippen molar-refractivity contribution < 1.29 is 17.7 Å². The van der Waals surface area contributed by atoms with Crippen LogP contribution in [0.1, 0.15) is 48.9 Å². The fraction of sp³-hybridized carbons (Fsp3) is 0.579. The summed E-state index contributed by atoms with van der Waals surface area (Å²) in [6.07, 6.45) is 3.91. The monoisotopic (exact) mass is 391 g/mol. The number of benzene rings is 1. The van der Waals surface area contributed by atoms with Crippen LogP contribution in [-0.2, 0) is 27.1 Å². The molecule has 2 fully saturated rings. The van der Waals surface area contributed by atoms with Gasteiger partial charge in [0.15, 0.2) is 5.82 Å². The van der Waals surface area contributed by atoms with Crippen LogP contribution in [0.2, 0.25) is 0 Å². The van der Waals surface area contributed by atoms with E-state index in [0.29, 0.717) is 50.2 Å². The van der Waals surface area contributed by atoms with Crippen LogP contribution in [0.3, 0.4) is 0 Å². The second kappa shape index (κ2) is 8.08. The minimum atomic E-state index is -3.30. The molecule has 0 spiro atoms. The van der Waals surface area contributed by atoms with Gasteiger partial charge in [-0.15, -0.1) is 0 Å². The van der Waals surface area contributed by atoms with Gasteiger partial charge < -0.3 is 9.26 Å². The van der Waals surface area contributed by atoms with Crippen molar-refractivity contribution in [3.8, 4) is 0 Å². The molecule has 1 saturated heterocycles. The standard InChI is InChI=1S/C19H25N3O4S/c23-27(24,14-16-4-2-1-3-5-16)22-10-8-17(9-11-22)19-20-18(26-21-19)13-25-12-15-6-7-15/h1-5,15,17H,6-14H2. The van der Waals surface area contributed by atoms with Crippen LogP contribution in [0.5, 0.6) is 0 Å². The summed E-state index contributed by atoms with van der Waals surface area (Å²) in [6.45, 7) is 2.09. The summed E-state index contributed by atoms with van der Waals surface area (Å²) in [5.41, 5.74) is 0.814. The lowest BCUT2D eigenvalue weighted by Gasteiger charge is -2.29. The number of sulfonamides is 1.